The molecule has 0 spiro atoms. The molecular formula is C10H16N2O. The molecule has 0 aromatic heterocycles. The minimum atomic E-state index is -0.604. The average Bonchev–Trinajstić information content (AvgIpc) is 2.88. The quantitative estimate of drug-likeness (QED) is 0.663. The maximum absolute atomic E-state index is 11.4. The van der Waals surface area contributed by atoms with Gasteiger partial charge in [0, 0.05) is 13.0 Å². The van der Waals surface area contributed by atoms with Crippen molar-refractivity contribution in [2.24, 2.45) is 0 Å². The topological polar surface area (TPSA) is 44.1 Å². The number of amides is 1. The second-order valence-electron chi connectivity index (χ2n) is 3.86. The molecule has 1 aliphatic rings. The molecule has 0 aromatic carbocycles. The van der Waals surface area contributed by atoms with Crippen LogP contribution >= 0.6 is 0 Å². The number of nitriles is 1. The van der Waals surface area contributed by atoms with Crippen LogP contribution in [-0.4, -0.2) is 22.4 Å². The fourth-order valence-corrected chi connectivity index (χ4v) is 1.64. The summed E-state index contributed by atoms with van der Waals surface area (Å²) in [5.74, 6) is 0.0217. The van der Waals surface area contributed by atoms with Crippen LogP contribution in [0.3, 0.4) is 0 Å². The van der Waals surface area contributed by atoms with E-state index in [1.807, 2.05) is 13.8 Å². The molecule has 1 fully saturated rings. The first kappa shape index (κ1) is 10.0. The van der Waals surface area contributed by atoms with Crippen molar-refractivity contribution in [1.82, 2.24) is 4.90 Å². The Labute approximate surface area is 79.3 Å². The molecule has 0 aromatic rings. The highest BCUT2D eigenvalue weighted by Crippen LogP contribution is 2.34. The molecule has 0 N–H and O–H groups in total. The maximum Gasteiger partial charge on any atom is 0.220 e. The lowest BCUT2D eigenvalue weighted by molar-refractivity contribution is -0.133. The van der Waals surface area contributed by atoms with E-state index < -0.39 is 5.54 Å². The minimum absolute atomic E-state index is 0.0217. The second-order valence-corrected chi connectivity index (χ2v) is 3.86. The molecule has 0 aliphatic heterocycles. The van der Waals surface area contributed by atoms with Gasteiger partial charge in [-0.05, 0) is 26.2 Å². The molecule has 72 valence electrons. The molecule has 13 heavy (non-hydrogen) atoms. The lowest BCUT2D eigenvalue weighted by Crippen LogP contribution is -2.48. The Morgan fingerprint density at radius 1 is 1.69 bits per heavy atom. The fraction of sp³-hybridized carbons (Fsp3) is 0.800. The van der Waals surface area contributed by atoms with Crippen LogP contribution < -0.4 is 0 Å². The minimum Gasteiger partial charge on any atom is -0.322 e. The van der Waals surface area contributed by atoms with Gasteiger partial charge in [0.1, 0.15) is 5.54 Å². The van der Waals surface area contributed by atoms with Crippen LogP contribution in [0.4, 0.5) is 0 Å². The third-order valence-electron chi connectivity index (χ3n) is 2.71. The number of carbonyl (C=O) groups excluding carboxylic acids is 1. The highest BCUT2D eigenvalue weighted by molar-refractivity contribution is 5.75. The number of hydrogen-bond donors (Lipinski definition) is 0. The summed E-state index contributed by atoms with van der Waals surface area (Å²) >= 11 is 0. The summed E-state index contributed by atoms with van der Waals surface area (Å²) in [6, 6.07) is 2.56. The summed E-state index contributed by atoms with van der Waals surface area (Å²) in [4.78, 5) is 13.1. The van der Waals surface area contributed by atoms with Crippen LogP contribution in [0.5, 0.6) is 0 Å². The third kappa shape index (κ3) is 1.82. The molecule has 1 amide bonds. The zero-order valence-corrected chi connectivity index (χ0v) is 8.50. The van der Waals surface area contributed by atoms with E-state index in [1.54, 1.807) is 11.8 Å². The summed E-state index contributed by atoms with van der Waals surface area (Å²) in [6.45, 7) is 5.33. The van der Waals surface area contributed by atoms with Crippen molar-refractivity contribution in [2.75, 3.05) is 0 Å². The number of carbonyl (C=O) groups is 1. The Morgan fingerprint density at radius 3 is 2.46 bits per heavy atom. The Kier molecular flexibility index (Phi) is 2.60. The Morgan fingerprint density at radius 2 is 2.23 bits per heavy atom. The summed E-state index contributed by atoms with van der Waals surface area (Å²) < 4.78 is 0. The summed E-state index contributed by atoms with van der Waals surface area (Å²) in [5.41, 5.74) is -0.604. The van der Waals surface area contributed by atoms with Crippen molar-refractivity contribution in [2.45, 2.75) is 51.6 Å². The Bertz CT molecular complexity index is 252. The van der Waals surface area contributed by atoms with Crippen LogP contribution in [0.25, 0.3) is 0 Å². The monoisotopic (exact) mass is 180 g/mol. The Balaban J connectivity index is 2.85. The van der Waals surface area contributed by atoms with Crippen LogP contribution in [-0.2, 0) is 4.79 Å². The molecule has 3 heteroatoms. The van der Waals surface area contributed by atoms with Gasteiger partial charge in [0.05, 0.1) is 6.07 Å². The molecule has 3 nitrogen and oxygen atoms in total. The normalized spacial score (nSPS) is 20.2. The number of hydrogen-bond acceptors (Lipinski definition) is 2. The van der Waals surface area contributed by atoms with Gasteiger partial charge < -0.3 is 4.90 Å². The average molecular weight is 180 g/mol. The zero-order chi connectivity index (χ0) is 10.1. The summed E-state index contributed by atoms with van der Waals surface area (Å²) in [5, 5.41) is 9.04. The SMILES string of the molecule is CCC(C)(C#N)N(C(C)=O)C1CC1. The van der Waals surface area contributed by atoms with Gasteiger partial charge >= 0.3 is 0 Å². The second kappa shape index (κ2) is 3.37. The van der Waals surface area contributed by atoms with Gasteiger partial charge in [-0.1, -0.05) is 6.92 Å². The largest absolute Gasteiger partial charge is 0.322 e. The van der Waals surface area contributed by atoms with E-state index in [0.717, 1.165) is 12.8 Å². The van der Waals surface area contributed by atoms with Crippen LogP contribution in [0.15, 0.2) is 0 Å². The van der Waals surface area contributed by atoms with Gasteiger partial charge in [0.25, 0.3) is 0 Å². The highest BCUT2D eigenvalue weighted by Gasteiger charge is 2.42. The van der Waals surface area contributed by atoms with Crippen LogP contribution in [0, 0.1) is 11.3 Å². The van der Waals surface area contributed by atoms with Gasteiger partial charge in [-0.2, -0.15) is 5.26 Å². The lowest BCUT2D eigenvalue weighted by atomic mass is 9.98. The van der Waals surface area contributed by atoms with Gasteiger partial charge in [0.15, 0.2) is 0 Å². The van der Waals surface area contributed by atoms with E-state index in [2.05, 4.69) is 6.07 Å². The first-order chi connectivity index (χ1) is 6.05. The van der Waals surface area contributed by atoms with Crippen LogP contribution in [0.2, 0.25) is 0 Å². The van der Waals surface area contributed by atoms with E-state index in [9.17, 15) is 4.79 Å². The standard InChI is InChI=1S/C10H16N2O/c1-4-10(3,7-11)12(8(2)13)9-5-6-9/h9H,4-6H2,1-3H3. The molecule has 0 radical (unpaired) electrons. The molecule has 1 unspecified atom stereocenters. The predicted octanol–water partition coefficient (Wildman–Crippen LogP) is 1.69. The molecular weight excluding hydrogens is 164 g/mol. The number of rotatable bonds is 3. The Hall–Kier alpha value is -1.04. The molecule has 1 aliphatic carbocycles. The zero-order valence-electron chi connectivity index (χ0n) is 8.50. The van der Waals surface area contributed by atoms with E-state index in [4.69, 9.17) is 5.26 Å². The molecule has 0 saturated heterocycles. The van der Waals surface area contributed by atoms with Gasteiger partial charge in [-0.25, -0.2) is 0 Å². The van der Waals surface area contributed by atoms with Gasteiger partial charge in [-0.3, -0.25) is 4.79 Å². The van der Waals surface area contributed by atoms with Crippen molar-refractivity contribution in [3.8, 4) is 6.07 Å². The molecule has 1 rings (SSSR count). The molecule has 0 bridgehead atoms. The van der Waals surface area contributed by atoms with Gasteiger partial charge in [-0.15, -0.1) is 0 Å². The van der Waals surface area contributed by atoms with E-state index in [1.165, 1.54) is 0 Å². The number of nitrogens with zero attached hydrogens (tertiary/aromatic N) is 2. The molecule has 0 heterocycles. The first-order valence-electron chi connectivity index (χ1n) is 4.76. The smallest absolute Gasteiger partial charge is 0.220 e. The predicted molar refractivity (Wildman–Crippen MR) is 49.9 cm³/mol. The lowest BCUT2D eigenvalue weighted by Gasteiger charge is -2.34. The van der Waals surface area contributed by atoms with Gasteiger partial charge in [0.2, 0.25) is 5.91 Å². The summed E-state index contributed by atoms with van der Waals surface area (Å²) in [6.07, 6.45) is 2.80. The van der Waals surface area contributed by atoms with E-state index >= 15 is 0 Å². The van der Waals surface area contributed by atoms with Crippen molar-refractivity contribution in [3.05, 3.63) is 0 Å². The fourth-order valence-electron chi connectivity index (χ4n) is 1.64. The summed E-state index contributed by atoms with van der Waals surface area (Å²) in [7, 11) is 0. The third-order valence-corrected chi connectivity index (χ3v) is 2.71. The van der Waals surface area contributed by atoms with E-state index in [-0.39, 0.29) is 5.91 Å². The molecule has 1 atom stereocenters. The van der Waals surface area contributed by atoms with Crippen molar-refractivity contribution >= 4 is 5.91 Å². The van der Waals surface area contributed by atoms with E-state index in [0.29, 0.717) is 12.5 Å². The maximum atomic E-state index is 11.4. The molecule has 1 saturated carbocycles. The first-order valence-corrected chi connectivity index (χ1v) is 4.76. The van der Waals surface area contributed by atoms with Crippen molar-refractivity contribution < 1.29 is 4.79 Å². The van der Waals surface area contributed by atoms with Crippen molar-refractivity contribution in [1.29, 1.82) is 5.26 Å². The van der Waals surface area contributed by atoms with Crippen LogP contribution in [0.1, 0.15) is 40.0 Å². The van der Waals surface area contributed by atoms with Crippen molar-refractivity contribution in [3.63, 3.8) is 0 Å². The highest BCUT2D eigenvalue weighted by atomic mass is 16.2.